The highest BCUT2D eigenvalue weighted by Gasteiger charge is 2.36. The van der Waals surface area contributed by atoms with Crippen LogP contribution in [0.2, 0.25) is 0 Å². The molecule has 0 aromatic carbocycles. The van der Waals surface area contributed by atoms with E-state index >= 15 is 4.39 Å². The largest absolute Gasteiger partial charge is 0.470 e. The fraction of sp³-hybridized carbons (Fsp3) is 0.680. The molecule has 1 fully saturated rings. The Balaban J connectivity index is 1.13. The molecule has 0 bridgehead atoms. The van der Waals surface area contributed by atoms with Crippen LogP contribution in [0.4, 0.5) is 17.6 Å². The number of amides is 1. The normalized spacial score (nSPS) is 22.4. The molecule has 2 aromatic heterocycles. The van der Waals surface area contributed by atoms with Crippen LogP contribution in [0.25, 0.3) is 0 Å². The number of carbonyl (C=O) groups is 1. The van der Waals surface area contributed by atoms with Crippen molar-refractivity contribution in [2.45, 2.75) is 76.2 Å². The Morgan fingerprint density at radius 3 is 2.66 bits per heavy atom. The molecule has 3 heterocycles. The molecule has 8 nitrogen and oxygen atoms in total. The molecule has 0 unspecified atom stereocenters. The number of alkyl halides is 4. The summed E-state index contributed by atoms with van der Waals surface area (Å²) in [5.74, 6) is 0.0227. The topological polar surface area (TPSA) is 89.5 Å². The molecule has 1 aliphatic carbocycles. The maximum absolute atomic E-state index is 15.5. The van der Waals surface area contributed by atoms with Gasteiger partial charge in [0.25, 0.3) is 11.1 Å². The van der Waals surface area contributed by atoms with E-state index in [0.29, 0.717) is 45.1 Å². The highest BCUT2D eigenvalue weighted by Crippen LogP contribution is 2.36. The average molecular weight is 560 g/mol. The molecule has 2 aliphatic rings. The Morgan fingerprint density at radius 2 is 1.95 bits per heavy atom. The van der Waals surface area contributed by atoms with Crippen molar-refractivity contribution in [2.24, 2.45) is 0 Å². The zero-order valence-corrected chi connectivity index (χ0v) is 22.2. The van der Waals surface area contributed by atoms with Gasteiger partial charge in [0.15, 0.2) is 6.61 Å². The Hall–Kier alpha value is -2.54. The molecule has 210 valence electrons. The number of fused-ring (bicyclic) bond motifs is 1. The van der Waals surface area contributed by atoms with E-state index < -0.39 is 24.9 Å². The van der Waals surface area contributed by atoms with Gasteiger partial charge in [-0.1, -0.05) is 11.3 Å². The minimum Gasteiger partial charge on any atom is -0.470 e. The van der Waals surface area contributed by atoms with Crippen LogP contribution in [0.5, 0.6) is 11.1 Å². The molecule has 2 aromatic rings. The monoisotopic (exact) mass is 559 g/mol. The number of hydrogen-bond acceptors (Lipinski definition) is 8. The first-order valence-corrected chi connectivity index (χ1v) is 13.7. The predicted octanol–water partition coefficient (Wildman–Crippen LogP) is 4.21. The highest BCUT2D eigenvalue weighted by molar-refractivity contribution is 7.13. The second-order valence-electron chi connectivity index (χ2n) is 9.93. The second kappa shape index (κ2) is 12.5. The minimum absolute atomic E-state index is 0.0770. The van der Waals surface area contributed by atoms with Crippen LogP contribution in [-0.2, 0) is 17.6 Å². The summed E-state index contributed by atoms with van der Waals surface area (Å²) in [4.78, 5) is 28.0. The summed E-state index contributed by atoms with van der Waals surface area (Å²) in [5, 5.41) is 3.21. The lowest BCUT2D eigenvalue weighted by Gasteiger charge is -2.35. The summed E-state index contributed by atoms with van der Waals surface area (Å²) in [6.45, 7) is 3.32. The van der Waals surface area contributed by atoms with Crippen molar-refractivity contribution >= 4 is 17.2 Å². The van der Waals surface area contributed by atoms with Gasteiger partial charge in [-0.25, -0.2) is 14.4 Å². The van der Waals surface area contributed by atoms with Crippen LogP contribution in [0.1, 0.15) is 54.8 Å². The molecule has 4 rings (SSSR count). The van der Waals surface area contributed by atoms with Crippen LogP contribution < -0.4 is 14.8 Å². The van der Waals surface area contributed by atoms with Crippen LogP contribution in [0.3, 0.4) is 0 Å². The predicted molar refractivity (Wildman–Crippen MR) is 133 cm³/mol. The molecule has 1 aliphatic heterocycles. The van der Waals surface area contributed by atoms with Gasteiger partial charge in [0.05, 0.1) is 36.8 Å². The number of halogens is 4. The van der Waals surface area contributed by atoms with E-state index in [2.05, 4.69) is 25.2 Å². The molecule has 13 heteroatoms. The van der Waals surface area contributed by atoms with E-state index in [9.17, 15) is 18.0 Å². The Kier molecular flexibility index (Phi) is 9.40. The van der Waals surface area contributed by atoms with Crippen molar-refractivity contribution in [3.63, 3.8) is 0 Å². The summed E-state index contributed by atoms with van der Waals surface area (Å²) in [6, 6.07) is -0.0770. The third-order valence-electron chi connectivity index (χ3n) is 6.92. The number of rotatable bonds is 10. The number of ether oxygens (including phenoxy) is 2. The number of aromatic nitrogens is 3. The summed E-state index contributed by atoms with van der Waals surface area (Å²) in [7, 11) is 0. The molecule has 0 saturated heterocycles. The van der Waals surface area contributed by atoms with Crippen LogP contribution in [0.15, 0.2) is 12.4 Å². The van der Waals surface area contributed by atoms with Crippen molar-refractivity contribution in [3.05, 3.63) is 28.7 Å². The number of nitrogens with zero attached hydrogens (tertiary/aromatic N) is 4. The molecule has 0 radical (unpaired) electrons. The molecule has 0 atom stereocenters. The van der Waals surface area contributed by atoms with Crippen LogP contribution >= 0.6 is 11.3 Å². The molecule has 1 amide bonds. The fourth-order valence-electron chi connectivity index (χ4n) is 4.68. The molecule has 38 heavy (non-hydrogen) atoms. The Bertz CT molecular complexity index is 1030. The molecular formula is C25H33F4N5O3S. The van der Waals surface area contributed by atoms with E-state index in [4.69, 9.17) is 9.47 Å². The average Bonchev–Trinajstić information content (AvgIpc) is 3.15. The molecule has 1 N–H and O–H groups in total. The van der Waals surface area contributed by atoms with Crippen LogP contribution in [0, 0.1) is 6.92 Å². The maximum atomic E-state index is 15.5. The third-order valence-corrected chi connectivity index (χ3v) is 7.99. The number of hydrogen-bond donors (Lipinski definition) is 1. The second-order valence-corrected chi connectivity index (χ2v) is 11.0. The zero-order chi connectivity index (χ0) is 27.2. The quantitative estimate of drug-likeness (QED) is 0.437. The van der Waals surface area contributed by atoms with Crippen molar-refractivity contribution in [1.82, 2.24) is 25.2 Å². The molecule has 1 saturated carbocycles. The summed E-state index contributed by atoms with van der Waals surface area (Å²) in [5.41, 5.74) is 0.363. The van der Waals surface area contributed by atoms with Crippen molar-refractivity contribution < 1.29 is 31.8 Å². The first-order valence-electron chi connectivity index (χ1n) is 12.9. The zero-order valence-electron chi connectivity index (χ0n) is 21.4. The fourth-order valence-corrected chi connectivity index (χ4v) is 5.65. The molecule has 0 spiro atoms. The number of thiazole rings is 1. The number of aryl methyl sites for hydroxylation is 1. The third kappa shape index (κ3) is 8.75. The van der Waals surface area contributed by atoms with Crippen LogP contribution in [-0.4, -0.2) is 76.5 Å². The van der Waals surface area contributed by atoms with E-state index in [1.54, 1.807) is 6.20 Å². The first kappa shape index (κ1) is 28.5. The van der Waals surface area contributed by atoms with Gasteiger partial charge >= 0.3 is 6.18 Å². The number of nitrogens with one attached hydrogen (secondary N) is 1. The van der Waals surface area contributed by atoms with Gasteiger partial charge in [-0.2, -0.15) is 13.2 Å². The summed E-state index contributed by atoms with van der Waals surface area (Å²) < 4.78 is 63.0. The van der Waals surface area contributed by atoms with Gasteiger partial charge in [-0.05, 0) is 45.4 Å². The lowest BCUT2D eigenvalue weighted by Crippen LogP contribution is -2.44. The van der Waals surface area contributed by atoms with Gasteiger partial charge in [-0.3, -0.25) is 9.78 Å². The Labute approximate surface area is 223 Å². The maximum Gasteiger partial charge on any atom is 0.392 e. The SMILES string of the molecule is Cc1cnc(OCC(=O)NC2CCC(F)(CCN3CCc4nc(OCCC(F)(F)F)sc4CC3)CC2)cn1. The summed E-state index contributed by atoms with van der Waals surface area (Å²) >= 11 is 1.30. The van der Waals surface area contributed by atoms with E-state index in [1.165, 1.54) is 17.5 Å². The Morgan fingerprint density at radius 1 is 1.18 bits per heavy atom. The summed E-state index contributed by atoms with van der Waals surface area (Å²) in [6.07, 6.45) is 1.53. The van der Waals surface area contributed by atoms with Crippen molar-refractivity contribution in [2.75, 3.05) is 32.8 Å². The van der Waals surface area contributed by atoms with Gasteiger partial charge in [0, 0.05) is 37.0 Å². The van der Waals surface area contributed by atoms with E-state index in [0.717, 1.165) is 35.8 Å². The van der Waals surface area contributed by atoms with Gasteiger partial charge < -0.3 is 19.7 Å². The smallest absolute Gasteiger partial charge is 0.392 e. The highest BCUT2D eigenvalue weighted by atomic mass is 32.1. The minimum atomic E-state index is -4.25. The van der Waals surface area contributed by atoms with Crippen molar-refractivity contribution in [1.29, 1.82) is 0 Å². The van der Waals surface area contributed by atoms with E-state index in [1.807, 2.05) is 6.92 Å². The van der Waals surface area contributed by atoms with Gasteiger partial charge in [0.1, 0.15) is 5.67 Å². The van der Waals surface area contributed by atoms with Gasteiger partial charge in [-0.15, -0.1) is 0 Å². The number of carbonyl (C=O) groups excluding carboxylic acids is 1. The first-order chi connectivity index (χ1) is 18.1. The lowest BCUT2D eigenvalue weighted by atomic mass is 9.81. The van der Waals surface area contributed by atoms with E-state index in [-0.39, 0.29) is 29.6 Å². The lowest BCUT2D eigenvalue weighted by molar-refractivity contribution is -0.139. The van der Waals surface area contributed by atoms with Crippen molar-refractivity contribution in [3.8, 4) is 11.1 Å². The standard InChI is InChI=1S/C25H33F4N5O3S/c1-17-14-31-22(15-30-17)37-16-21(35)32-18-2-6-24(26,7-3-18)8-12-34-10-4-19-20(5-11-34)38-23(33-19)36-13-9-25(27,28)29/h14-15,18H,2-13,16H2,1H3,(H,32,35). The molecular weight excluding hydrogens is 526 g/mol. The van der Waals surface area contributed by atoms with Gasteiger partial charge in [0.2, 0.25) is 5.88 Å².